The Kier molecular flexibility index (Phi) is 4.94. The first kappa shape index (κ1) is 14.3. The zero-order valence-electron chi connectivity index (χ0n) is 11.1. The molecular formula is C16H15NO2S. The van der Waals surface area contributed by atoms with Gasteiger partial charge in [0.15, 0.2) is 0 Å². The monoisotopic (exact) mass is 285 g/mol. The molecule has 2 rings (SSSR count). The molecule has 1 amide bonds. The molecule has 2 aromatic rings. The van der Waals surface area contributed by atoms with Gasteiger partial charge < -0.3 is 10.4 Å². The van der Waals surface area contributed by atoms with E-state index in [1.165, 1.54) is 5.56 Å². The lowest BCUT2D eigenvalue weighted by atomic mass is 10.1. The molecule has 0 unspecified atom stereocenters. The van der Waals surface area contributed by atoms with Gasteiger partial charge in [-0.25, -0.2) is 0 Å². The number of rotatable bonds is 3. The molecule has 0 fully saturated rings. The zero-order chi connectivity index (χ0) is 14.4. The third kappa shape index (κ3) is 3.70. The summed E-state index contributed by atoms with van der Waals surface area (Å²) >= 11 is 1.63. The van der Waals surface area contributed by atoms with Crippen molar-refractivity contribution in [2.75, 3.05) is 6.61 Å². The standard InChI is InChI=1S/C16H15NO2S/c1-12-10-20-11-15(12)9-17-16(19)14-6-2-4-13(8-14)5-3-7-18/h2,4,6,8,10-11,18H,7,9H2,1H3,(H,17,19). The maximum absolute atomic E-state index is 12.1. The number of aliphatic hydroxyl groups excluding tert-OH is 1. The Labute approximate surface area is 122 Å². The number of amides is 1. The van der Waals surface area contributed by atoms with Gasteiger partial charge in [0.25, 0.3) is 5.91 Å². The maximum Gasteiger partial charge on any atom is 0.251 e. The summed E-state index contributed by atoms with van der Waals surface area (Å²) in [5, 5.41) is 15.7. The summed E-state index contributed by atoms with van der Waals surface area (Å²) in [4.78, 5) is 12.1. The molecule has 0 atom stereocenters. The van der Waals surface area contributed by atoms with E-state index >= 15 is 0 Å². The summed E-state index contributed by atoms with van der Waals surface area (Å²) in [5.74, 6) is 5.24. The van der Waals surface area contributed by atoms with Crippen LogP contribution >= 0.6 is 11.3 Å². The van der Waals surface area contributed by atoms with E-state index in [0.717, 1.165) is 11.1 Å². The molecule has 0 aliphatic carbocycles. The van der Waals surface area contributed by atoms with Crippen molar-refractivity contribution in [2.45, 2.75) is 13.5 Å². The summed E-state index contributed by atoms with van der Waals surface area (Å²) in [7, 11) is 0. The molecule has 0 spiro atoms. The van der Waals surface area contributed by atoms with E-state index in [0.29, 0.717) is 12.1 Å². The van der Waals surface area contributed by atoms with Crippen molar-refractivity contribution < 1.29 is 9.90 Å². The highest BCUT2D eigenvalue weighted by atomic mass is 32.1. The van der Waals surface area contributed by atoms with Gasteiger partial charge in [-0.3, -0.25) is 4.79 Å². The molecule has 0 aliphatic rings. The maximum atomic E-state index is 12.1. The Morgan fingerprint density at radius 1 is 1.40 bits per heavy atom. The Morgan fingerprint density at radius 2 is 2.25 bits per heavy atom. The summed E-state index contributed by atoms with van der Waals surface area (Å²) in [6, 6.07) is 7.06. The molecule has 0 saturated carbocycles. The molecule has 0 aliphatic heterocycles. The van der Waals surface area contributed by atoms with Crippen LogP contribution in [0.3, 0.4) is 0 Å². The number of aliphatic hydroxyl groups is 1. The first-order chi connectivity index (χ1) is 9.70. The first-order valence-corrected chi connectivity index (χ1v) is 7.14. The number of hydrogen-bond acceptors (Lipinski definition) is 3. The van der Waals surface area contributed by atoms with Crippen LogP contribution in [0.25, 0.3) is 0 Å². The third-order valence-corrected chi connectivity index (χ3v) is 3.75. The Morgan fingerprint density at radius 3 is 2.95 bits per heavy atom. The molecule has 0 saturated heterocycles. The summed E-state index contributed by atoms with van der Waals surface area (Å²) in [6.07, 6.45) is 0. The van der Waals surface area contributed by atoms with Gasteiger partial charge in [0.2, 0.25) is 0 Å². The number of nitrogens with one attached hydrogen (secondary N) is 1. The SMILES string of the molecule is Cc1cscc1CNC(=O)c1cccc(C#CCO)c1. The average Bonchev–Trinajstić information content (AvgIpc) is 2.88. The van der Waals surface area contributed by atoms with Gasteiger partial charge in [-0.2, -0.15) is 11.3 Å². The second-order valence-corrected chi connectivity index (χ2v) is 5.05. The van der Waals surface area contributed by atoms with Crippen LogP contribution in [-0.4, -0.2) is 17.6 Å². The van der Waals surface area contributed by atoms with Gasteiger partial charge in [0, 0.05) is 17.7 Å². The largest absolute Gasteiger partial charge is 0.384 e. The number of hydrogen-bond donors (Lipinski definition) is 2. The normalized spacial score (nSPS) is 9.70. The predicted octanol–water partition coefficient (Wildman–Crippen LogP) is 2.33. The quantitative estimate of drug-likeness (QED) is 0.850. The van der Waals surface area contributed by atoms with Crippen molar-refractivity contribution in [2.24, 2.45) is 0 Å². The number of aryl methyl sites for hydroxylation is 1. The van der Waals surface area contributed by atoms with Crippen molar-refractivity contribution >= 4 is 17.2 Å². The molecular weight excluding hydrogens is 270 g/mol. The van der Waals surface area contributed by atoms with Gasteiger partial charge in [-0.15, -0.1) is 0 Å². The molecule has 0 radical (unpaired) electrons. The van der Waals surface area contributed by atoms with E-state index in [-0.39, 0.29) is 12.5 Å². The molecule has 102 valence electrons. The van der Waals surface area contributed by atoms with Gasteiger partial charge in [0.1, 0.15) is 6.61 Å². The molecule has 20 heavy (non-hydrogen) atoms. The third-order valence-electron chi connectivity index (χ3n) is 2.84. The highest BCUT2D eigenvalue weighted by molar-refractivity contribution is 7.08. The summed E-state index contributed by atoms with van der Waals surface area (Å²) in [5.41, 5.74) is 3.62. The minimum atomic E-state index is -0.187. The molecule has 1 aromatic carbocycles. The second-order valence-electron chi connectivity index (χ2n) is 4.30. The Balaban J connectivity index is 2.04. The minimum absolute atomic E-state index is 0.122. The Hall–Kier alpha value is -2.09. The van der Waals surface area contributed by atoms with E-state index in [1.54, 1.807) is 29.5 Å². The minimum Gasteiger partial charge on any atom is -0.384 e. The highest BCUT2D eigenvalue weighted by Crippen LogP contribution is 2.13. The van der Waals surface area contributed by atoms with Crippen LogP contribution in [0.15, 0.2) is 35.0 Å². The van der Waals surface area contributed by atoms with Crippen molar-refractivity contribution in [3.63, 3.8) is 0 Å². The molecule has 0 bridgehead atoms. The van der Waals surface area contributed by atoms with Crippen molar-refractivity contribution in [1.82, 2.24) is 5.32 Å². The van der Waals surface area contributed by atoms with Crippen molar-refractivity contribution in [3.8, 4) is 11.8 Å². The van der Waals surface area contributed by atoms with Crippen LogP contribution < -0.4 is 5.32 Å². The topological polar surface area (TPSA) is 49.3 Å². The van der Waals surface area contributed by atoms with E-state index in [9.17, 15) is 4.79 Å². The zero-order valence-corrected chi connectivity index (χ0v) is 12.0. The second kappa shape index (κ2) is 6.90. The van der Waals surface area contributed by atoms with Crippen LogP contribution in [0.1, 0.15) is 27.0 Å². The fourth-order valence-corrected chi connectivity index (χ4v) is 2.58. The number of benzene rings is 1. The number of thiophene rings is 1. The van der Waals surface area contributed by atoms with Crippen molar-refractivity contribution in [3.05, 3.63) is 57.3 Å². The fourth-order valence-electron chi connectivity index (χ4n) is 1.73. The summed E-state index contributed by atoms with van der Waals surface area (Å²) < 4.78 is 0. The Bertz CT molecular complexity index is 664. The lowest BCUT2D eigenvalue weighted by Gasteiger charge is -2.05. The molecule has 4 heteroatoms. The van der Waals surface area contributed by atoms with Crippen LogP contribution in [0.5, 0.6) is 0 Å². The van der Waals surface area contributed by atoms with E-state index in [4.69, 9.17) is 5.11 Å². The number of carbonyl (C=O) groups is 1. The molecule has 3 nitrogen and oxygen atoms in total. The lowest BCUT2D eigenvalue weighted by molar-refractivity contribution is 0.0951. The van der Waals surface area contributed by atoms with Gasteiger partial charge in [-0.1, -0.05) is 17.9 Å². The van der Waals surface area contributed by atoms with E-state index in [1.807, 2.05) is 18.4 Å². The predicted molar refractivity (Wildman–Crippen MR) is 80.6 cm³/mol. The molecule has 2 N–H and O–H groups in total. The van der Waals surface area contributed by atoms with Crippen LogP contribution in [0, 0.1) is 18.8 Å². The first-order valence-electron chi connectivity index (χ1n) is 6.20. The molecule has 1 heterocycles. The van der Waals surface area contributed by atoms with E-state index < -0.39 is 0 Å². The molecule has 1 aromatic heterocycles. The van der Waals surface area contributed by atoms with Gasteiger partial charge in [-0.05, 0) is 47.0 Å². The van der Waals surface area contributed by atoms with Crippen LogP contribution in [0.4, 0.5) is 0 Å². The van der Waals surface area contributed by atoms with Gasteiger partial charge >= 0.3 is 0 Å². The average molecular weight is 285 g/mol. The van der Waals surface area contributed by atoms with Gasteiger partial charge in [0.05, 0.1) is 0 Å². The lowest BCUT2D eigenvalue weighted by Crippen LogP contribution is -2.22. The van der Waals surface area contributed by atoms with Crippen molar-refractivity contribution in [1.29, 1.82) is 0 Å². The summed E-state index contributed by atoms with van der Waals surface area (Å²) in [6.45, 7) is 2.37. The fraction of sp³-hybridized carbons (Fsp3) is 0.188. The number of carbonyl (C=O) groups excluding carboxylic acids is 1. The smallest absolute Gasteiger partial charge is 0.251 e. The highest BCUT2D eigenvalue weighted by Gasteiger charge is 2.06. The van der Waals surface area contributed by atoms with Crippen LogP contribution in [0.2, 0.25) is 0 Å². The van der Waals surface area contributed by atoms with E-state index in [2.05, 4.69) is 22.5 Å². The van der Waals surface area contributed by atoms with Crippen LogP contribution in [-0.2, 0) is 6.54 Å².